The van der Waals surface area contributed by atoms with Crippen molar-refractivity contribution in [3.63, 3.8) is 0 Å². The average molecular weight is 556 g/mol. The van der Waals surface area contributed by atoms with Crippen molar-refractivity contribution in [1.29, 1.82) is 5.26 Å². The highest BCUT2D eigenvalue weighted by molar-refractivity contribution is 5.84. The Kier molecular flexibility index (Phi) is 9.66. The Morgan fingerprint density at radius 3 is 1.95 bits per heavy atom. The fourth-order valence-corrected chi connectivity index (χ4v) is 4.27. The van der Waals surface area contributed by atoms with E-state index in [0.29, 0.717) is 25.4 Å². The van der Waals surface area contributed by atoms with Crippen LogP contribution in [0.4, 0.5) is 13.2 Å². The molecule has 212 valence electrons. The van der Waals surface area contributed by atoms with E-state index in [1.54, 1.807) is 31.3 Å². The number of alkyl halides is 3. The predicted molar refractivity (Wildman–Crippen MR) is 144 cm³/mol. The maximum absolute atomic E-state index is 13.2. The van der Waals surface area contributed by atoms with Crippen LogP contribution < -0.4 is 19.9 Å². The zero-order chi connectivity index (χ0) is 29.5. The minimum absolute atomic E-state index is 0.0981. The van der Waals surface area contributed by atoms with E-state index in [1.807, 2.05) is 50.2 Å². The molecular weight excluding hydrogens is 523 g/mol. The molecule has 0 radical (unpaired) electrons. The summed E-state index contributed by atoms with van der Waals surface area (Å²) in [5.41, 5.74) is 5.24. The van der Waals surface area contributed by atoms with Gasteiger partial charge in [0.15, 0.2) is 6.10 Å². The molecule has 1 fully saturated rings. The number of hydrogen-bond acceptors (Lipinski definition) is 6. The minimum Gasteiger partial charge on any atom is -0.497 e. The molecule has 40 heavy (non-hydrogen) atoms. The second-order valence-corrected chi connectivity index (χ2v) is 9.90. The summed E-state index contributed by atoms with van der Waals surface area (Å²) in [5.74, 6) is 1.18. The molecule has 1 atom stereocenters. The first-order valence-corrected chi connectivity index (χ1v) is 12.4. The summed E-state index contributed by atoms with van der Waals surface area (Å²) in [5, 5.41) is 8.93. The number of nitrogens with zero attached hydrogens (tertiary/aromatic N) is 2. The van der Waals surface area contributed by atoms with Crippen molar-refractivity contribution in [2.45, 2.75) is 39.2 Å². The quantitative estimate of drug-likeness (QED) is 0.410. The van der Waals surface area contributed by atoms with Gasteiger partial charge in [0.1, 0.15) is 17.2 Å². The van der Waals surface area contributed by atoms with Gasteiger partial charge in [-0.3, -0.25) is 4.79 Å². The lowest BCUT2D eigenvalue weighted by atomic mass is 9.89. The molecule has 4 rings (SSSR count). The Bertz CT molecular complexity index is 1310. The van der Waals surface area contributed by atoms with Gasteiger partial charge in [-0.2, -0.15) is 18.4 Å². The standard InChI is InChI=1S/C22H21F3N2O3.C8H11NO/c1-21(2)13-27(12-14-4-7-16(29-3)8-5-14)20(28)19(21)30-17-9-6-15(11-26)18(10-17)22(23,24)25;1-10-8-4-2-7(6-9)3-5-8/h4-10,19H,12-13H2,1-3H3;2-5H,6,9H2,1H3. The van der Waals surface area contributed by atoms with Crippen LogP contribution in [-0.4, -0.2) is 37.7 Å². The topological polar surface area (TPSA) is 97.8 Å². The van der Waals surface area contributed by atoms with E-state index in [9.17, 15) is 18.0 Å². The lowest BCUT2D eigenvalue weighted by Gasteiger charge is -2.24. The number of rotatable bonds is 7. The summed E-state index contributed by atoms with van der Waals surface area (Å²) < 4.78 is 55.5. The Morgan fingerprint density at radius 2 is 1.48 bits per heavy atom. The SMILES string of the molecule is COc1ccc(CN)cc1.COc1ccc(CN2CC(C)(C)C(Oc3ccc(C#N)c(C(F)(F)F)c3)C2=O)cc1. The number of amides is 1. The average Bonchev–Trinajstić information content (AvgIpc) is 3.15. The highest BCUT2D eigenvalue weighted by Crippen LogP contribution is 2.38. The van der Waals surface area contributed by atoms with Crippen LogP contribution in [0.5, 0.6) is 17.2 Å². The normalized spacial score (nSPS) is 16.0. The Hall–Kier alpha value is -4.23. The first-order valence-electron chi connectivity index (χ1n) is 12.4. The highest BCUT2D eigenvalue weighted by atomic mass is 19.4. The largest absolute Gasteiger partial charge is 0.497 e. The first kappa shape index (κ1) is 30.3. The van der Waals surface area contributed by atoms with Gasteiger partial charge >= 0.3 is 6.18 Å². The zero-order valence-corrected chi connectivity index (χ0v) is 22.8. The fraction of sp³-hybridized carbons (Fsp3) is 0.333. The van der Waals surface area contributed by atoms with Gasteiger partial charge in [0.05, 0.1) is 31.4 Å². The van der Waals surface area contributed by atoms with Crippen LogP contribution in [0.3, 0.4) is 0 Å². The molecule has 0 aliphatic carbocycles. The molecule has 1 aliphatic rings. The molecule has 1 heterocycles. The van der Waals surface area contributed by atoms with Crippen molar-refractivity contribution in [3.05, 3.63) is 89.0 Å². The number of hydrogen-bond donors (Lipinski definition) is 1. The van der Waals surface area contributed by atoms with Gasteiger partial charge < -0.3 is 24.8 Å². The van der Waals surface area contributed by atoms with Gasteiger partial charge in [-0.15, -0.1) is 0 Å². The lowest BCUT2D eigenvalue weighted by molar-refractivity contribution is -0.138. The molecule has 3 aromatic carbocycles. The number of halogens is 3. The smallest absolute Gasteiger partial charge is 0.417 e. The molecule has 0 bridgehead atoms. The lowest BCUT2D eigenvalue weighted by Crippen LogP contribution is -2.36. The van der Waals surface area contributed by atoms with Crippen molar-refractivity contribution in [1.82, 2.24) is 4.90 Å². The summed E-state index contributed by atoms with van der Waals surface area (Å²) in [6.45, 7) is 5.00. The Balaban J connectivity index is 0.000000371. The number of methoxy groups -OCH3 is 2. The number of likely N-dealkylation sites (tertiary alicyclic amines) is 1. The van der Waals surface area contributed by atoms with Gasteiger partial charge in [0, 0.05) is 25.0 Å². The Morgan fingerprint density at radius 1 is 0.950 bits per heavy atom. The van der Waals surface area contributed by atoms with E-state index in [0.717, 1.165) is 29.0 Å². The van der Waals surface area contributed by atoms with Gasteiger partial charge in [0.2, 0.25) is 0 Å². The summed E-state index contributed by atoms with van der Waals surface area (Å²) in [6.07, 6.45) is -5.63. The van der Waals surface area contributed by atoms with Gasteiger partial charge in [0.25, 0.3) is 5.91 Å². The second kappa shape index (κ2) is 12.7. The number of nitriles is 1. The molecule has 3 aromatic rings. The molecule has 1 unspecified atom stereocenters. The molecule has 1 amide bonds. The number of carbonyl (C=O) groups is 1. The summed E-state index contributed by atoms with van der Waals surface area (Å²) in [7, 11) is 3.22. The van der Waals surface area contributed by atoms with Crippen LogP contribution >= 0.6 is 0 Å². The van der Waals surface area contributed by atoms with Crippen molar-refractivity contribution < 1.29 is 32.2 Å². The zero-order valence-electron chi connectivity index (χ0n) is 22.8. The molecule has 0 aromatic heterocycles. The van der Waals surface area contributed by atoms with Crippen LogP contribution in [-0.2, 0) is 24.1 Å². The number of benzene rings is 3. The maximum Gasteiger partial charge on any atom is 0.417 e. The molecule has 10 heteroatoms. The van der Waals surface area contributed by atoms with Crippen molar-refractivity contribution in [2.24, 2.45) is 11.1 Å². The first-order chi connectivity index (χ1) is 18.9. The Labute approximate surface area is 231 Å². The van der Waals surface area contributed by atoms with E-state index >= 15 is 0 Å². The van der Waals surface area contributed by atoms with Gasteiger partial charge in [-0.05, 0) is 53.6 Å². The molecule has 2 N–H and O–H groups in total. The number of nitrogens with two attached hydrogens (primary N) is 1. The van der Waals surface area contributed by atoms with Crippen molar-refractivity contribution in [2.75, 3.05) is 20.8 Å². The third-order valence-corrected chi connectivity index (χ3v) is 6.44. The molecule has 0 spiro atoms. The molecular formula is C30H32F3N3O4. The van der Waals surface area contributed by atoms with E-state index in [-0.39, 0.29) is 11.7 Å². The van der Waals surface area contributed by atoms with E-state index in [1.165, 1.54) is 12.1 Å². The number of ether oxygens (including phenoxy) is 3. The molecule has 7 nitrogen and oxygen atoms in total. The van der Waals surface area contributed by atoms with E-state index in [2.05, 4.69) is 0 Å². The summed E-state index contributed by atoms with van der Waals surface area (Å²) in [6, 6.07) is 19.7. The van der Waals surface area contributed by atoms with Crippen LogP contribution in [0, 0.1) is 16.7 Å². The highest BCUT2D eigenvalue weighted by Gasteiger charge is 2.48. The van der Waals surface area contributed by atoms with Crippen LogP contribution in [0.2, 0.25) is 0 Å². The second-order valence-electron chi connectivity index (χ2n) is 9.90. The van der Waals surface area contributed by atoms with E-state index in [4.69, 9.17) is 25.2 Å². The van der Waals surface area contributed by atoms with Crippen molar-refractivity contribution >= 4 is 5.91 Å². The summed E-state index contributed by atoms with van der Waals surface area (Å²) >= 11 is 0. The monoisotopic (exact) mass is 555 g/mol. The molecule has 0 saturated carbocycles. The molecule has 1 saturated heterocycles. The fourth-order valence-electron chi connectivity index (χ4n) is 4.27. The third kappa shape index (κ3) is 7.45. The number of carbonyl (C=O) groups excluding carboxylic acids is 1. The van der Waals surface area contributed by atoms with Crippen LogP contribution in [0.15, 0.2) is 66.7 Å². The van der Waals surface area contributed by atoms with Gasteiger partial charge in [-0.25, -0.2) is 0 Å². The van der Waals surface area contributed by atoms with Crippen LogP contribution in [0.1, 0.15) is 36.1 Å². The minimum atomic E-state index is -4.69. The van der Waals surface area contributed by atoms with Gasteiger partial charge in [-0.1, -0.05) is 38.1 Å². The van der Waals surface area contributed by atoms with E-state index < -0.39 is 28.8 Å². The third-order valence-electron chi connectivity index (χ3n) is 6.44. The summed E-state index contributed by atoms with van der Waals surface area (Å²) in [4.78, 5) is 14.6. The predicted octanol–water partition coefficient (Wildman–Crippen LogP) is 5.56. The molecule has 1 aliphatic heterocycles. The maximum atomic E-state index is 13.2. The van der Waals surface area contributed by atoms with Crippen LogP contribution in [0.25, 0.3) is 0 Å². The van der Waals surface area contributed by atoms with Crippen molar-refractivity contribution in [3.8, 4) is 23.3 Å².